The van der Waals surface area contributed by atoms with Crippen LogP contribution >= 0.6 is 0 Å². The Hall–Kier alpha value is -8.40. The third kappa shape index (κ3) is 6.12. The highest BCUT2D eigenvalue weighted by molar-refractivity contribution is 6.12. The molecule has 2 aromatic heterocycles. The highest BCUT2D eigenvalue weighted by Gasteiger charge is 2.37. The van der Waals surface area contributed by atoms with Gasteiger partial charge in [0.05, 0.1) is 22.4 Å². The molecule has 310 valence electrons. The molecule has 3 heteroatoms. The smallest absolute Gasteiger partial charge is 0.160 e. The van der Waals surface area contributed by atoms with E-state index in [0.29, 0.717) is 5.82 Å². The van der Waals surface area contributed by atoms with Gasteiger partial charge >= 0.3 is 0 Å². The molecule has 0 saturated heterocycles. The summed E-state index contributed by atoms with van der Waals surface area (Å²) in [6.07, 6.45) is 0. The van der Waals surface area contributed by atoms with Crippen LogP contribution in [0.15, 0.2) is 224 Å². The lowest BCUT2D eigenvalue weighted by molar-refractivity contribution is 0.661. The first-order chi connectivity index (χ1) is 32.4. The van der Waals surface area contributed by atoms with Gasteiger partial charge in [-0.05, 0) is 127 Å². The normalized spacial score (nSPS) is 12.8. The Labute approximate surface area is 384 Å². The van der Waals surface area contributed by atoms with Gasteiger partial charge in [0, 0.05) is 38.6 Å². The third-order valence-corrected chi connectivity index (χ3v) is 14.0. The van der Waals surface area contributed by atoms with Gasteiger partial charge in [0.1, 0.15) is 0 Å². The topological polar surface area (TPSA) is 30.7 Å². The maximum atomic E-state index is 5.34. The summed E-state index contributed by atoms with van der Waals surface area (Å²) >= 11 is 0. The zero-order valence-electron chi connectivity index (χ0n) is 36.7. The lowest BCUT2D eigenvalue weighted by Crippen LogP contribution is -2.14. The first-order valence-corrected chi connectivity index (χ1v) is 22.8. The number of hydrogen-bond acceptors (Lipinski definition) is 2. The molecule has 0 spiro atoms. The van der Waals surface area contributed by atoms with Gasteiger partial charge in [-0.25, -0.2) is 9.97 Å². The number of rotatable bonds is 6. The summed E-state index contributed by atoms with van der Waals surface area (Å²) in [4.78, 5) is 10.6. The minimum Gasteiger partial charge on any atom is -0.309 e. The standard InChI is InChI=1S/C63H43N3/c1-63(2)55-24-14-23-51(61(55)54-37-43-21-12-13-22-44(43)38-56(54)63)58-39-57(64-62(65-58)42-19-10-5-11-20-42)49-26-25-46-34-50(30-27-45(46)33-49)66-59-31-28-47(40-15-6-3-7-16-40)35-52(59)53-36-48(29-32-60(53)66)41-17-8-4-9-18-41/h3-39H,1-2H3. The van der Waals surface area contributed by atoms with Crippen molar-refractivity contribution in [1.82, 2.24) is 14.5 Å². The number of hydrogen-bond donors (Lipinski definition) is 0. The lowest BCUT2D eigenvalue weighted by Gasteiger charge is -2.22. The van der Waals surface area contributed by atoms with E-state index >= 15 is 0 Å². The molecule has 0 unspecified atom stereocenters. The van der Waals surface area contributed by atoms with Crippen LogP contribution in [-0.2, 0) is 5.41 Å². The third-order valence-electron chi connectivity index (χ3n) is 14.0. The van der Waals surface area contributed by atoms with Crippen LogP contribution in [-0.4, -0.2) is 14.5 Å². The summed E-state index contributed by atoms with van der Waals surface area (Å²) in [5.41, 5.74) is 18.4. The van der Waals surface area contributed by atoms with Crippen LogP contribution < -0.4 is 0 Å². The molecular weight excluding hydrogens is 799 g/mol. The number of benzene rings is 10. The first kappa shape index (κ1) is 38.1. The van der Waals surface area contributed by atoms with Gasteiger partial charge in [0.15, 0.2) is 5.82 Å². The van der Waals surface area contributed by atoms with Gasteiger partial charge in [0.2, 0.25) is 0 Å². The van der Waals surface area contributed by atoms with Crippen molar-refractivity contribution in [2.24, 2.45) is 0 Å². The van der Waals surface area contributed by atoms with Gasteiger partial charge in [0.25, 0.3) is 0 Å². The lowest BCUT2D eigenvalue weighted by atomic mass is 9.81. The van der Waals surface area contributed by atoms with Crippen LogP contribution in [0.2, 0.25) is 0 Å². The fraction of sp³-hybridized carbons (Fsp3) is 0.0476. The Kier molecular flexibility index (Phi) is 8.56. The minimum atomic E-state index is -0.157. The van der Waals surface area contributed by atoms with E-state index in [0.717, 1.165) is 44.5 Å². The Morgan fingerprint density at radius 1 is 0.348 bits per heavy atom. The van der Waals surface area contributed by atoms with E-state index in [2.05, 4.69) is 237 Å². The second-order valence-electron chi connectivity index (χ2n) is 18.2. The molecule has 12 aromatic rings. The van der Waals surface area contributed by atoms with E-state index in [-0.39, 0.29) is 5.41 Å². The van der Waals surface area contributed by atoms with Gasteiger partial charge in [-0.15, -0.1) is 0 Å². The summed E-state index contributed by atoms with van der Waals surface area (Å²) in [6.45, 7) is 4.70. The highest BCUT2D eigenvalue weighted by Crippen LogP contribution is 2.53. The first-order valence-electron chi connectivity index (χ1n) is 22.8. The molecule has 10 aromatic carbocycles. The SMILES string of the molecule is CC1(C)c2cc3ccccc3cc2-c2c(-c3cc(-c4ccc5cc(-n6c7ccc(-c8ccccc8)cc7c7cc(-c8ccccc8)ccc76)ccc5c4)nc(-c4ccccc4)n3)cccc21. The number of fused-ring (bicyclic) bond motifs is 8. The van der Waals surface area contributed by atoms with Crippen molar-refractivity contribution >= 4 is 43.4 Å². The second-order valence-corrected chi connectivity index (χ2v) is 18.2. The molecule has 0 N–H and O–H groups in total. The van der Waals surface area contributed by atoms with Crippen molar-refractivity contribution in [1.29, 1.82) is 0 Å². The summed E-state index contributed by atoms with van der Waals surface area (Å²) in [5, 5.41) is 7.30. The molecule has 66 heavy (non-hydrogen) atoms. The molecule has 2 heterocycles. The van der Waals surface area contributed by atoms with Crippen molar-refractivity contribution in [2.75, 3.05) is 0 Å². The Balaban J connectivity index is 0.947. The maximum absolute atomic E-state index is 5.34. The largest absolute Gasteiger partial charge is 0.309 e. The van der Waals surface area contributed by atoms with E-state index in [4.69, 9.17) is 9.97 Å². The Bertz CT molecular complexity index is 3790. The molecule has 0 fully saturated rings. The van der Waals surface area contributed by atoms with E-state index in [1.165, 1.54) is 77.1 Å². The molecule has 13 rings (SSSR count). The second kappa shape index (κ2) is 14.8. The molecular formula is C63H43N3. The predicted molar refractivity (Wildman–Crippen MR) is 276 cm³/mol. The fourth-order valence-electron chi connectivity index (χ4n) is 10.6. The van der Waals surface area contributed by atoms with E-state index in [9.17, 15) is 0 Å². The average Bonchev–Trinajstić information content (AvgIpc) is 3.82. The van der Waals surface area contributed by atoms with Gasteiger partial charge in [-0.1, -0.05) is 178 Å². The quantitative estimate of drug-likeness (QED) is 0.167. The molecule has 1 aliphatic rings. The summed E-state index contributed by atoms with van der Waals surface area (Å²) in [6, 6.07) is 81.5. The van der Waals surface area contributed by atoms with Crippen molar-refractivity contribution in [3.05, 3.63) is 236 Å². The van der Waals surface area contributed by atoms with Crippen LogP contribution in [0.5, 0.6) is 0 Å². The zero-order valence-corrected chi connectivity index (χ0v) is 36.7. The maximum Gasteiger partial charge on any atom is 0.160 e. The zero-order chi connectivity index (χ0) is 43.9. The molecule has 0 amide bonds. The van der Waals surface area contributed by atoms with Crippen molar-refractivity contribution in [3.8, 4) is 73.0 Å². The van der Waals surface area contributed by atoms with Crippen LogP contribution in [0.3, 0.4) is 0 Å². The highest BCUT2D eigenvalue weighted by atomic mass is 15.0. The van der Waals surface area contributed by atoms with Crippen LogP contribution in [0, 0.1) is 0 Å². The Morgan fingerprint density at radius 3 is 1.56 bits per heavy atom. The van der Waals surface area contributed by atoms with Crippen LogP contribution in [0.25, 0.3) is 116 Å². The molecule has 1 aliphatic carbocycles. The summed E-state index contributed by atoms with van der Waals surface area (Å²) in [7, 11) is 0. The number of aromatic nitrogens is 3. The molecule has 0 radical (unpaired) electrons. The van der Waals surface area contributed by atoms with Gasteiger partial charge in [-0.3, -0.25) is 0 Å². The van der Waals surface area contributed by atoms with Crippen molar-refractivity contribution < 1.29 is 0 Å². The Morgan fingerprint density at radius 2 is 0.894 bits per heavy atom. The minimum absolute atomic E-state index is 0.157. The molecule has 0 aliphatic heterocycles. The summed E-state index contributed by atoms with van der Waals surface area (Å²) in [5.74, 6) is 0.712. The fourth-order valence-corrected chi connectivity index (χ4v) is 10.6. The van der Waals surface area contributed by atoms with Crippen molar-refractivity contribution in [2.45, 2.75) is 19.3 Å². The molecule has 0 atom stereocenters. The van der Waals surface area contributed by atoms with Crippen LogP contribution in [0.1, 0.15) is 25.0 Å². The van der Waals surface area contributed by atoms with E-state index in [1.807, 2.05) is 6.07 Å². The predicted octanol–water partition coefficient (Wildman–Crippen LogP) is 16.5. The average molecular weight is 842 g/mol. The van der Waals surface area contributed by atoms with Gasteiger partial charge < -0.3 is 4.57 Å². The van der Waals surface area contributed by atoms with E-state index in [1.54, 1.807) is 0 Å². The van der Waals surface area contributed by atoms with Crippen LogP contribution in [0.4, 0.5) is 0 Å². The van der Waals surface area contributed by atoms with Gasteiger partial charge in [-0.2, -0.15) is 0 Å². The van der Waals surface area contributed by atoms with E-state index < -0.39 is 0 Å². The summed E-state index contributed by atoms with van der Waals surface area (Å²) < 4.78 is 2.42. The monoisotopic (exact) mass is 841 g/mol. The molecule has 3 nitrogen and oxygen atoms in total. The van der Waals surface area contributed by atoms with Crippen molar-refractivity contribution in [3.63, 3.8) is 0 Å². The molecule has 0 saturated carbocycles. The molecule has 0 bridgehead atoms. The number of nitrogens with zero attached hydrogens (tertiary/aromatic N) is 3.